The molecule has 8 heteroatoms. The van der Waals surface area contributed by atoms with Gasteiger partial charge in [0.15, 0.2) is 0 Å². The van der Waals surface area contributed by atoms with E-state index >= 15 is 0 Å². The Morgan fingerprint density at radius 3 is 1.26 bits per heavy atom. The third-order valence-corrected chi connectivity index (χ3v) is 7.20. The van der Waals surface area contributed by atoms with Crippen molar-refractivity contribution >= 4 is 22.8 Å². The van der Waals surface area contributed by atoms with Gasteiger partial charge in [-0.2, -0.15) is 10.5 Å². The fraction of sp³-hybridized carbons (Fsp3) is 0.267. The van der Waals surface area contributed by atoms with Crippen LogP contribution in [0.1, 0.15) is 0 Å². The van der Waals surface area contributed by atoms with Crippen LogP contribution in [-0.4, -0.2) is 62.2 Å². The van der Waals surface area contributed by atoms with Crippen LogP contribution < -0.4 is 20.2 Å². The lowest BCUT2D eigenvalue weighted by Crippen LogP contribution is -2.54. The molecule has 0 aromatic heterocycles. The van der Waals surface area contributed by atoms with Gasteiger partial charge in [-0.05, 0) is 48.5 Å². The van der Waals surface area contributed by atoms with Gasteiger partial charge < -0.3 is 19.6 Å². The van der Waals surface area contributed by atoms with Crippen LogP contribution in [0.5, 0.6) is 0 Å². The van der Waals surface area contributed by atoms with Crippen molar-refractivity contribution in [3.05, 3.63) is 94.9 Å². The first-order valence-corrected chi connectivity index (χ1v) is 12.7. The Hall–Kier alpha value is -4.56. The summed E-state index contributed by atoms with van der Waals surface area (Å²) in [6.45, 7) is 6.46. The molecule has 5 rings (SSSR count). The highest BCUT2D eigenvalue weighted by Gasteiger charge is 2.26. The SMILES string of the molecule is N#CC(C#N)=c1ccc(=C(N2CCN(c3ccc(F)cc3)CC2)N2CCN(c3ccc(F)cc3)CC2)cc1. The largest absolute Gasteiger partial charge is 0.368 e. The third-order valence-electron chi connectivity index (χ3n) is 7.20. The normalized spacial score (nSPS) is 15.6. The van der Waals surface area contributed by atoms with Crippen LogP contribution in [-0.2, 0) is 0 Å². The third kappa shape index (κ3) is 5.40. The van der Waals surface area contributed by atoms with Crippen LogP contribution in [0.15, 0.2) is 72.8 Å². The van der Waals surface area contributed by atoms with Crippen LogP contribution in [0.25, 0.3) is 11.4 Å². The maximum atomic E-state index is 13.4. The van der Waals surface area contributed by atoms with E-state index in [1.54, 1.807) is 0 Å². The molecule has 2 saturated heterocycles. The van der Waals surface area contributed by atoms with Crippen molar-refractivity contribution in [1.29, 1.82) is 10.5 Å². The average molecular weight is 511 g/mol. The predicted octanol–water partition coefficient (Wildman–Crippen LogP) is 2.87. The first-order valence-electron chi connectivity index (χ1n) is 12.7. The summed E-state index contributed by atoms with van der Waals surface area (Å²) in [5, 5.41) is 20.2. The molecule has 0 saturated carbocycles. The van der Waals surface area contributed by atoms with Gasteiger partial charge in [-0.1, -0.05) is 24.3 Å². The van der Waals surface area contributed by atoms with Crippen molar-refractivity contribution in [3.63, 3.8) is 0 Å². The molecule has 0 spiro atoms. The van der Waals surface area contributed by atoms with E-state index in [1.165, 1.54) is 24.3 Å². The number of hydrogen-bond acceptors (Lipinski definition) is 6. The maximum absolute atomic E-state index is 13.4. The quantitative estimate of drug-likeness (QED) is 0.538. The molecule has 3 aromatic carbocycles. The van der Waals surface area contributed by atoms with E-state index in [0.717, 1.165) is 74.8 Å². The number of hydrogen-bond donors (Lipinski definition) is 0. The summed E-state index contributed by atoms with van der Waals surface area (Å²) in [6.07, 6.45) is 0. The molecule has 2 heterocycles. The Balaban J connectivity index is 1.41. The van der Waals surface area contributed by atoms with Gasteiger partial charge in [0, 0.05) is 74.2 Å². The predicted molar refractivity (Wildman–Crippen MR) is 144 cm³/mol. The summed E-state index contributed by atoms with van der Waals surface area (Å²) >= 11 is 0. The van der Waals surface area contributed by atoms with E-state index in [2.05, 4.69) is 19.6 Å². The molecule has 0 radical (unpaired) electrons. The minimum Gasteiger partial charge on any atom is -0.368 e. The fourth-order valence-corrected chi connectivity index (χ4v) is 5.16. The molecule has 3 aromatic rings. The van der Waals surface area contributed by atoms with Gasteiger partial charge in [0.2, 0.25) is 0 Å². The lowest BCUT2D eigenvalue weighted by molar-refractivity contribution is 0.256. The van der Waals surface area contributed by atoms with Gasteiger partial charge in [0.25, 0.3) is 0 Å². The summed E-state index contributed by atoms with van der Waals surface area (Å²) in [5.41, 5.74) is 2.13. The van der Waals surface area contributed by atoms with Gasteiger partial charge in [-0.25, -0.2) is 8.78 Å². The Bertz CT molecular complexity index is 1370. The summed E-state index contributed by atoms with van der Waals surface area (Å²) in [7, 11) is 0. The maximum Gasteiger partial charge on any atom is 0.136 e. The smallest absolute Gasteiger partial charge is 0.136 e. The second kappa shape index (κ2) is 11.2. The van der Waals surface area contributed by atoms with Gasteiger partial charge in [0.1, 0.15) is 35.2 Å². The van der Waals surface area contributed by atoms with E-state index in [1.807, 2.05) is 60.7 Å². The second-order valence-corrected chi connectivity index (χ2v) is 9.40. The van der Waals surface area contributed by atoms with Crippen LogP contribution in [0.2, 0.25) is 0 Å². The van der Waals surface area contributed by atoms with Crippen LogP contribution >= 0.6 is 0 Å². The number of nitrogens with zero attached hydrogens (tertiary/aromatic N) is 6. The molecule has 6 nitrogen and oxygen atoms in total. The number of rotatable bonds is 4. The monoisotopic (exact) mass is 510 g/mol. The topological polar surface area (TPSA) is 60.5 Å². The van der Waals surface area contributed by atoms with Crippen molar-refractivity contribution in [2.45, 2.75) is 0 Å². The molecule has 192 valence electrons. The van der Waals surface area contributed by atoms with Crippen molar-refractivity contribution in [3.8, 4) is 12.1 Å². The molecule has 0 unspecified atom stereocenters. The minimum absolute atomic E-state index is 0.0962. The lowest BCUT2D eigenvalue weighted by atomic mass is 10.1. The van der Waals surface area contributed by atoms with Crippen molar-refractivity contribution < 1.29 is 8.78 Å². The van der Waals surface area contributed by atoms with Gasteiger partial charge in [-0.3, -0.25) is 0 Å². The lowest BCUT2D eigenvalue weighted by Gasteiger charge is -2.45. The Morgan fingerprint density at radius 2 is 0.895 bits per heavy atom. The molecule has 0 atom stereocenters. The number of benzene rings is 3. The fourth-order valence-electron chi connectivity index (χ4n) is 5.16. The van der Waals surface area contributed by atoms with E-state index in [9.17, 15) is 19.3 Å². The van der Waals surface area contributed by atoms with Crippen molar-refractivity contribution in [2.24, 2.45) is 0 Å². The minimum atomic E-state index is -0.237. The molecule has 2 fully saturated rings. The highest BCUT2D eigenvalue weighted by atomic mass is 19.1. The Kier molecular flexibility index (Phi) is 7.42. The highest BCUT2D eigenvalue weighted by molar-refractivity contribution is 5.72. The average Bonchev–Trinajstić information content (AvgIpc) is 2.96. The molecule has 38 heavy (non-hydrogen) atoms. The molecule has 0 N–H and O–H groups in total. The first-order chi connectivity index (χ1) is 18.6. The van der Waals surface area contributed by atoms with Gasteiger partial charge in [-0.15, -0.1) is 0 Å². The second-order valence-electron chi connectivity index (χ2n) is 9.40. The van der Waals surface area contributed by atoms with E-state index < -0.39 is 0 Å². The molecular weight excluding hydrogens is 482 g/mol. The molecule has 2 aliphatic rings. The standard InChI is InChI=1S/C30H28F2N6/c31-26-5-9-28(10-6-26)35-13-17-37(18-14-35)30(24-3-1-23(2-4-24)25(21-33)22-34)38-19-15-36(16-20-38)29-11-7-27(32)8-12-29/h1-12H,13-20H2. The Labute approximate surface area is 221 Å². The molecule has 0 amide bonds. The number of nitriles is 2. The van der Waals surface area contributed by atoms with Gasteiger partial charge >= 0.3 is 0 Å². The van der Waals surface area contributed by atoms with E-state index in [-0.39, 0.29) is 17.2 Å². The zero-order chi connectivity index (χ0) is 26.5. The first kappa shape index (κ1) is 25.1. The molecule has 0 aliphatic carbocycles. The van der Waals surface area contributed by atoms with Crippen LogP contribution in [0, 0.1) is 34.3 Å². The van der Waals surface area contributed by atoms with E-state index in [0.29, 0.717) is 5.22 Å². The number of halogens is 2. The van der Waals surface area contributed by atoms with E-state index in [4.69, 9.17) is 0 Å². The summed E-state index contributed by atoms with van der Waals surface area (Å²) in [6, 6.07) is 24.8. The van der Waals surface area contributed by atoms with Crippen molar-refractivity contribution in [1.82, 2.24) is 9.80 Å². The molecular formula is C30H28F2N6. The number of piperazine rings is 2. The van der Waals surface area contributed by atoms with Crippen molar-refractivity contribution in [2.75, 3.05) is 62.2 Å². The molecule has 2 aliphatic heterocycles. The zero-order valence-electron chi connectivity index (χ0n) is 21.0. The van der Waals surface area contributed by atoms with Crippen LogP contribution in [0.3, 0.4) is 0 Å². The molecule has 0 bridgehead atoms. The Morgan fingerprint density at radius 1 is 0.526 bits per heavy atom. The van der Waals surface area contributed by atoms with Gasteiger partial charge in [0.05, 0.1) is 0 Å². The van der Waals surface area contributed by atoms with Crippen LogP contribution in [0.4, 0.5) is 20.2 Å². The number of anilines is 2. The summed E-state index contributed by atoms with van der Waals surface area (Å²) in [5.74, 6) is 0.656. The highest BCUT2D eigenvalue weighted by Crippen LogP contribution is 2.23. The zero-order valence-corrected chi connectivity index (χ0v) is 21.0. The summed E-state index contributed by atoms with van der Waals surface area (Å²) < 4.78 is 26.8. The summed E-state index contributed by atoms with van der Waals surface area (Å²) in [4.78, 5) is 9.32.